The first-order chi connectivity index (χ1) is 13.8. The summed E-state index contributed by atoms with van der Waals surface area (Å²) in [4.78, 5) is 13.2. The summed E-state index contributed by atoms with van der Waals surface area (Å²) in [6.45, 7) is 2.87. The van der Waals surface area contributed by atoms with Gasteiger partial charge in [0.2, 0.25) is 5.91 Å². The van der Waals surface area contributed by atoms with Gasteiger partial charge in [0.25, 0.3) is 0 Å². The van der Waals surface area contributed by atoms with Gasteiger partial charge in [-0.15, -0.1) is 0 Å². The molecule has 3 aliphatic rings. The van der Waals surface area contributed by atoms with E-state index in [0.29, 0.717) is 0 Å². The van der Waals surface area contributed by atoms with Crippen LogP contribution in [-0.4, -0.2) is 25.6 Å². The predicted molar refractivity (Wildman–Crippen MR) is 109 cm³/mol. The van der Waals surface area contributed by atoms with Crippen LogP contribution in [-0.2, 0) is 11.2 Å². The van der Waals surface area contributed by atoms with Crippen LogP contribution >= 0.6 is 0 Å². The summed E-state index contributed by atoms with van der Waals surface area (Å²) in [5.74, 6) is 1.37. The first-order valence-electron chi connectivity index (χ1n) is 10.6. The molecule has 2 aliphatic heterocycles. The van der Waals surface area contributed by atoms with Crippen LogP contribution in [0.3, 0.4) is 0 Å². The van der Waals surface area contributed by atoms with Crippen molar-refractivity contribution in [2.75, 3.05) is 19.7 Å². The molecule has 1 saturated carbocycles. The molecular weight excluding hydrogens is 348 g/mol. The lowest BCUT2D eigenvalue weighted by atomic mass is 9.91. The Morgan fingerprint density at radius 3 is 2.75 bits per heavy atom. The molecule has 146 valence electrons. The lowest BCUT2D eigenvalue weighted by Gasteiger charge is -2.25. The minimum atomic E-state index is -0.111. The van der Waals surface area contributed by atoms with E-state index in [-0.39, 0.29) is 23.3 Å². The Bertz CT molecular complexity index is 858. The summed E-state index contributed by atoms with van der Waals surface area (Å²) in [6.07, 6.45) is 5.38. The number of benzene rings is 2. The van der Waals surface area contributed by atoms with E-state index in [0.717, 1.165) is 68.7 Å². The molecule has 4 heteroatoms. The molecule has 2 atom stereocenters. The second-order valence-electron chi connectivity index (χ2n) is 8.54. The van der Waals surface area contributed by atoms with E-state index in [1.807, 2.05) is 18.2 Å². The SMILES string of the molecule is O=C(NC(c1ccccc1)c1ccc2c(c1)CCCO2)C1CC12CCNCC2. The van der Waals surface area contributed by atoms with Gasteiger partial charge in [0.15, 0.2) is 0 Å². The molecular formula is C24H28N2O2. The zero-order valence-electron chi connectivity index (χ0n) is 16.2. The zero-order chi connectivity index (χ0) is 19.0. The van der Waals surface area contributed by atoms with Gasteiger partial charge in [-0.25, -0.2) is 0 Å². The van der Waals surface area contributed by atoms with Crippen molar-refractivity contribution in [1.29, 1.82) is 0 Å². The molecule has 2 fully saturated rings. The Labute approximate surface area is 166 Å². The van der Waals surface area contributed by atoms with Crippen LogP contribution in [0.15, 0.2) is 48.5 Å². The van der Waals surface area contributed by atoms with Gasteiger partial charge in [-0.2, -0.15) is 0 Å². The number of hydrogen-bond acceptors (Lipinski definition) is 3. The zero-order valence-corrected chi connectivity index (χ0v) is 16.2. The number of carbonyl (C=O) groups is 1. The van der Waals surface area contributed by atoms with Gasteiger partial charge < -0.3 is 15.4 Å². The fraction of sp³-hybridized carbons (Fsp3) is 0.458. The number of ether oxygens (including phenoxy) is 1. The standard InChI is InChI=1S/C24H28N2O2/c27-23(20-16-24(20)10-12-25-13-11-24)26-22(17-5-2-1-3-6-17)19-8-9-21-18(15-19)7-4-14-28-21/h1-3,5-6,8-9,15,20,22,25H,4,7,10-14,16H2,(H,26,27). The fourth-order valence-electron chi connectivity index (χ4n) is 5.00. The maximum Gasteiger partial charge on any atom is 0.224 e. The van der Waals surface area contributed by atoms with Crippen LogP contribution in [0.25, 0.3) is 0 Å². The second-order valence-corrected chi connectivity index (χ2v) is 8.54. The molecule has 1 amide bonds. The third kappa shape index (κ3) is 3.30. The van der Waals surface area contributed by atoms with Crippen molar-refractivity contribution in [2.24, 2.45) is 11.3 Å². The molecule has 5 rings (SSSR count). The van der Waals surface area contributed by atoms with Gasteiger partial charge in [-0.05, 0) is 79.4 Å². The lowest BCUT2D eigenvalue weighted by Crippen LogP contribution is -2.35. The Balaban J connectivity index is 1.40. The number of rotatable bonds is 4. The van der Waals surface area contributed by atoms with Crippen LogP contribution in [0, 0.1) is 11.3 Å². The Morgan fingerprint density at radius 1 is 1.11 bits per heavy atom. The van der Waals surface area contributed by atoms with Crippen LogP contribution < -0.4 is 15.4 Å². The molecule has 0 aromatic heterocycles. The quantitative estimate of drug-likeness (QED) is 0.857. The van der Waals surface area contributed by atoms with Gasteiger partial charge in [0, 0.05) is 5.92 Å². The number of fused-ring (bicyclic) bond motifs is 1. The molecule has 4 nitrogen and oxygen atoms in total. The van der Waals surface area contributed by atoms with Gasteiger partial charge in [-0.3, -0.25) is 4.79 Å². The maximum absolute atomic E-state index is 13.2. The average Bonchev–Trinajstić information content (AvgIpc) is 3.45. The first-order valence-corrected chi connectivity index (χ1v) is 10.6. The smallest absolute Gasteiger partial charge is 0.224 e. The van der Waals surface area contributed by atoms with Crippen LogP contribution in [0.4, 0.5) is 0 Å². The lowest BCUT2D eigenvalue weighted by molar-refractivity contribution is -0.123. The Hall–Kier alpha value is -2.33. The van der Waals surface area contributed by atoms with E-state index in [2.05, 4.69) is 41.0 Å². The number of carbonyl (C=O) groups excluding carboxylic acids is 1. The van der Waals surface area contributed by atoms with Crippen LogP contribution in [0.5, 0.6) is 5.75 Å². The number of nitrogens with one attached hydrogen (secondary N) is 2. The summed E-state index contributed by atoms with van der Waals surface area (Å²) >= 11 is 0. The molecule has 2 unspecified atom stereocenters. The third-order valence-corrected chi connectivity index (χ3v) is 6.79. The molecule has 2 aromatic rings. The van der Waals surface area contributed by atoms with Crippen molar-refractivity contribution in [2.45, 2.75) is 38.1 Å². The van der Waals surface area contributed by atoms with Crippen molar-refractivity contribution >= 4 is 5.91 Å². The fourth-order valence-corrected chi connectivity index (χ4v) is 5.00. The van der Waals surface area contributed by atoms with Crippen LogP contribution in [0.2, 0.25) is 0 Å². The predicted octanol–water partition coefficient (Wildman–Crippen LogP) is 3.61. The van der Waals surface area contributed by atoms with E-state index in [4.69, 9.17) is 4.74 Å². The van der Waals surface area contributed by atoms with Crippen molar-refractivity contribution in [1.82, 2.24) is 10.6 Å². The van der Waals surface area contributed by atoms with Gasteiger partial charge in [0.1, 0.15) is 5.75 Å². The molecule has 2 heterocycles. The highest BCUT2D eigenvalue weighted by molar-refractivity contribution is 5.83. The molecule has 0 bridgehead atoms. The largest absolute Gasteiger partial charge is 0.493 e. The van der Waals surface area contributed by atoms with E-state index < -0.39 is 0 Å². The molecule has 1 spiro atoms. The highest BCUT2D eigenvalue weighted by atomic mass is 16.5. The molecule has 28 heavy (non-hydrogen) atoms. The summed E-state index contributed by atoms with van der Waals surface area (Å²) < 4.78 is 5.78. The van der Waals surface area contributed by atoms with Gasteiger partial charge in [0.05, 0.1) is 12.6 Å². The maximum atomic E-state index is 13.2. The molecule has 2 N–H and O–H groups in total. The average molecular weight is 377 g/mol. The van der Waals surface area contributed by atoms with Crippen molar-refractivity contribution in [3.8, 4) is 5.75 Å². The van der Waals surface area contributed by atoms with E-state index >= 15 is 0 Å². The Morgan fingerprint density at radius 2 is 1.93 bits per heavy atom. The number of aryl methyl sites for hydroxylation is 1. The summed E-state index contributed by atoms with van der Waals surface area (Å²) in [5, 5.41) is 6.81. The van der Waals surface area contributed by atoms with Crippen molar-refractivity contribution < 1.29 is 9.53 Å². The molecule has 1 aliphatic carbocycles. The monoisotopic (exact) mass is 376 g/mol. The van der Waals surface area contributed by atoms with Crippen molar-refractivity contribution in [3.63, 3.8) is 0 Å². The highest BCUT2D eigenvalue weighted by Gasteiger charge is 2.57. The first kappa shape index (κ1) is 17.7. The number of hydrogen-bond donors (Lipinski definition) is 2. The van der Waals surface area contributed by atoms with E-state index in [1.165, 1.54) is 5.56 Å². The third-order valence-electron chi connectivity index (χ3n) is 6.79. The molecule has 2 aromatic carbocycles. The van der Waals surface area contributed by atoms with Gasteiger partial charge in [-0.1, -0.05) is 36.4 Å². The minimum Gasteiger partial charge on any atom is -0.493 e. The topological polar surface area (TPSA) is 50.4 Å². The number of piperidine rings is 1. The van der Waals surface area contributed by atoms with Gasteiger partial charge >= 0.3 is 0 Å². The van der Waals surface area contributed by atoms with Crippen LogP contribution in [0.1, 0.15) is 48.4 Å². The normalized spacial score (nSPS) is 23.4. The summed E-state index contributed by atoms with van der Waals surface area (Å²) in [5.41, 5.74) is 3.77. The Kier molecular flexibility index (Phi) is 4.59. The summed E-state index contributed by atoms with van der Waals surface area (Å²) in [6, 6.07) is 16.6. The number of amides is 1. The van der Waals surface area contributed by atoms with E-state index in [1.54, 1.807) is 0 Å². The van der Waals surface area contributed by atoms with E-state index in [9.17, 15) is 4.79 Å². The molecule has 0 radical (unpaired) electrons. The summed E-state index contributed by atoms with van der Waals surface area (Å²) in [7, 11) is 0. The highest BCUT2D eigenvalue weighted by Crippen LogP contribution is 2.58. The second kappa shape index (κ2) is 7.25. The van der Waals surface area contributed by atoms with Crippen molar-refractivity contribution in [3.05, 3.63) is 65.2 Å². The minimum absolute atomic E-state index is 0.111. The molecule has 1 saturated heterocycles.